The third kappa shape index (κ3) is 4.40. The number of amides is 1. The summed E-state index contributed by atoms with van der Waals surface area (Å²) in [5.74, 6) is -0.0354. The number of carbonyl (C=O) groups excluding carboxylic acids is 2. The average molecular weight is 485 g/mol. The SMILES string of the molecule is CC(=O)c1ccc(N2CCN(C(=O)c3ccc4c(=O)n(-c5ccccc5)c(=S)[nH]c4c3)CC2)cc1. The number of hydrogen-bond acceptors (Lipinski definition) is 5. The van der Waals surface area contributed by atoms with E-state index < -0.39 is 0 Å². The molecule has 4 aromatic rings. The molecular weight excluding hydrogens is 460 g/mol. The van der Waals surface area contributed by atoms with E-state index in [0.29, 0.717) is 53.9 Å². The number of hydrogen-bond donors (Lipinski definition) is 1. The highest BCUT2D eigenvalue weighted by atomic mass is 32.1. The highest BCUT2D eigenvalue weighted by molar-refractivity contribution is 7.71. The van der Waals surface area contributed by atoms with Crippen molar-refractivity contribution >= 4 is 40.5 Å². The fraction of sp³-hybridized carbons (Fsp3) is 0.185. The van der Waals surface area contributed by atoms with Gasteiger partial charge >= 0.3 is 0 Å². The molecule has 8 heteroatoms. The van der Waals surface area contributed by atoms with Gasteiger partial charge in [0.15, 0.2) is 10.6 Å². The number of rotatable bonds is 4. The molecule has 1 amide bonds. The van der Waals surface area contributed by atoms with Gasteiger partial charge in [0, 0.05) is 43.0 Å². The van der Waals surface area contributed by atoms with Crippen molar-refractivity contribution in [1.82, 2.24) is 14.5 Å². The minimum Gasteiger partial charge on any atom is -0.368 e. The molecule has 1 aromatic heterocycles. The average Bonchev–Trinajstić information content (AvgIpc) is 2.89. The summed E-state index contributed by atoms with van der Waals surface area (Å²) in [6, 6.07) is 21.9. The van der Waals surface area contributed by atoms with Gasteiger partial charge in [0.1, 0.15) is 0 Å². The Kier molecular flexibility index (Phi) is 6.05. The summed E-state index contributed by atoms with van der Waals surface area (Å²) in [7, 11) is 0. The van der Waals surface area contributed by atoms with Crippen LogP contribution in [0.5, 0.6) is 0 Å². The Bertz CT molecular complexity index is 1530. The summed E-state index contributed by atoms with van der Waals surface area (Å²) in [5.41, 5.74) is 3.25. The zero-order valence-corrected chi connectivity index (χ0v) is 20.0. The van der Waals surface area contributed by atoms with Crippen molar-refractivity contribution < 1.29 is 9.59 Å². The number of anilines is 1. The highest BCUT2D eigenvalue weighted by Crippen LogP contribution is 2.20. The second kappa shape index (κ2) is 9.31. The number of ketones is 1. The molecule has 1 N–H and O–H groups in total. The Hall–Kier alpha value is -4.04. The number of H-pyrrole nitrogens is 1. The molecule has 1 aliphatic rings. The summed E-state index contributed by atoms with van der Waals surface area (Å²) < 4.78 is 1.74. The van der Waals surface area contributed by atoms with Gasteiger partial charge in [-0.15, -0.1) is 0 Å². The van der Waals surface area contributed by atoms with Crippen LogP contribution in [0.4, 0.5) is 5.69 Å². The number of benzene rings is 3. The second-order valence-electron chi connectivity index (χ2n) is 8.55. The first kappa shape index (κ1) is 22.7. The van der Waals surface area contributed by atoms with Crippen molar-refractivity contribution in [3.63, 3.8) is 0 Å². The zero-order valence-electron chi connectivity index (χ0n) is 19.2. The lowest BCUT2D eigenvalue weighted by molar-refractivity contribution is 0.0746. The van der Waals surface area contributed by atoms with Crippen molar-refractivity contribution in [2.24, 2.45) is 0 Å². The number of nitrogens with zero attached hydrogens (tertiary/aromatic N) is 3. The molecule has 3 aromatic carbocycles. The number of fused-ring (bicyclic) bond motifs is 1. The van der Waals surface area contributed by atoms with E-state index in [1.54, 1.807) is 25.1 Å². The Balaban J connectivity index is 1.34. The molecule has 1 aliphatic heterocycles. The number of Topliss-reactive ketones (excluding diaryl/α,β-unsaturated/α-hetero) is 1. The molecule has 5 rings (SSSR count). The lowest BCUT2D eigenvalue weighted by atomic mass is 10.1. The largest absolute Gasteiger partial charge is 0.368 e. The molecule has 1 fully saturated rings. The first-order valence-corrected chi connectivity index (χ1v) is 11.8. The molecule has 0 spiro atoms. The summed E-state index contributed by atoms with van der Waals surface area (Å²) in [5, 5.41) is 0.470. The number of nitrogens with one attached hydrogen (secondary N) is 1. The fourth-order valence-electron chi connectivity index (χ4n) is 4.42. The molecular formula is C27H24N4O3S. The maximum atomic E-state index is 13.2. The summed E-state index contributed by atoms with van der Waals surface area (Å²) >= 11 is 5.45. The van der Waals surface area contributed by atoms with Crippen LogP contribution in [0, 0.1) is 4.77 Å². The summed E-state index contributed by atoms with van der Waals surface area (Å²) in [6.07, 6.45) is 0. The third-order valence-corrected chi connectivity index (χ3v) is 6.65. The predicted molar refractivity (Wildman–Crippen MR) is 139 cm³/mol. The van der Waals surface area contributed by atoms with Crippen LogP contribution in [0.2, 0.25) is 0 Å². The van der Waals surface area contributed by atoms with Gasteiger partial charge in [-0.3, -0.25) is 19.0 Å². The van der Waals surface area contributed by atoms with E-state index in [1.165, 1.54) is 4.57 Å². The molecule has 0 atom stereocenters. The molecule has 0 saturated carbocycles. The van der Waals surface area contributed by atoms with Gasteiger partial charge in [-0.2, -0.15) is 0 Å². The van der Waals surface area contributed by atoms with Crippen LogP contribution in [0.25, 0.3) is 16.6 Å². The van der Waals surface area contributed by atoms with E-state index in [9.17, 15) is 14.4 Å². The van der Waals surface area contributed by atoms with Crippen molar-refractivity contribution in [2.75, 3.05) is 31.1 Å². The van der Waals surface area contributed by atoms with Crippen molar-refractivity contribution in [1.29, 1.82) is 0 Å². The van der Waals surface area contributed by atoms with Crippen LogP contribution in [-0.4, -0.2) is 52.3 Å². The van der Waals surface area contributed by atoms with Gasteiger partial charge in [0.2, 0.25) is 0 Å². The molecule has 0 radical (unpaired) electrons. The van der Waals surface area contributed by atoms with Gasteiger partial charge in [-0.05, 0) is 73.7 Å². The van der Waals surface area contributed by atoms with Gasteiger partial charge in [0.25, 0.3) is 11.5 Å². The van der Waals surface area contributed by atoms with Gasteiger partial charge < -0.3 is 14.8 Å². The fourth-order valence-corrected chi connectivity index (χ4v) is 4.72. The number of aromatic amines is 1. The van der Waals surface area contributed by atoms with E-state index in [0.717, 1.165) is 5.69 Å². The van der Waals surface area contributed by atoms with E-state index in [4.69, 9.17) is 12.2 Å². The van der Waals surface area contributed by atoms with E-state index in [-0.39, 0.29) is 22.0 Å². The van der Waals surface area contributed by atoms with Crippen LogP contribution in [-0.2, 0) is 0 Å². The lowest BCUT2D eigenvalue weighted by Gasteiger charge is -2.36. The lowest BCUT2D eigenvalue weighted by Crippen LogP contribution is -2.48. The van der Waals surface area contributed by atoms with Crippen LogP contribution < -0.4 is 10.5 Å². The highest BCUT2D eigenvalue weighted by Gasteiger charge is 2.23. The van der Waals surface area contributed by atoms with Crippen LogP contribution in [0.3, 0.4) is 0 Å². The molecule has 0 unspecified atom stereocenters. The Labute approximate surface area is 207 Å². The smallest absolute Gasteiger partial charge is 0.266 e. The summed E-state index contributed by atoms with van der Waals surface area (Å²) in [6.45, 7) is 4.11. The van der Waals surface area contributed by atoms with Crippen LogP contribution in [0.15, 0.2) is 77.6 Å². The molecule has 176 valence electrons. The van der Waals surface area contributed by atoms with E-state index in [2.05, 4.69) is 9.88 Å². The van der Waals surface area contributed by atoms with Gasteiger partial charge in [-0.1, -0.05) is 18.2 Å². The molecule has 1 saturated heterocycles. The van der Waals surface area contributed by atoms with E-state index in [1.807, 2.05) is 59.5 Å². The molecule has 2 heterocycles. The van der Waals surface area contributed by atoms with Crippen LogP contribution in [0.1, 0.15) is 27.6 Å². The maximum absolute atomic E-state index is 13.2. The van der Waals surface area contributed by atoms with Crippen molar-refractivity contribution in [3.8, 4) is 5.69 Å². The predicted octanol–water partition coefficient (Wildman–Crippen LogP) is 4.21. The Morgan fingerprint density at radius 2 is 1.49 bits per heavy atom. The Morgan fingerprint density at radius 1 is 0.829 bits per heavy atom. The normalized spacial score (nSPS) is 13.7. The number of aromatic nitrogens is 2. The van der Waals surface area contributed by atoms with Gasteiger partial charge in [0.05, 0.1) is 16.6 Å². The summed E-state index contributed by atoms with van der Waals surface area (Å²) in [4.78, 5) is 45.0. The van der Waals surface area contributed by atoms with E-state index >= 15 is 0 Å². The molecule has 7 nitrogen and oxygen atoms in total. The standard InChI is InChI=1S/C27H24N4O3S/c1-18(32)19-7-10-21(11-8-19)29-13-15-30(16-14-29)25(33)20-9-12-23-24(17-20)28-27(35)31(26(23)34)22-5-3-2-4-6-22/h2-12,17H,13-16H2,1H3,(H,28,35). The monoisotopic (exact) mass is 484 g/mol. The zero-order chi connectivity index (χ0) is 24.5. The topological polar surface area (TPSA) is 78.4 Å². The maximum Gasteiger partial charge on any atom is 0.266 e. The minimum absolute atomic E-state index is 0.0433. The molecule has 35 heavy (non-hydrogen) atoms. The number of para-hydroxylation sites is 1. The molecule has 0 bridgehead atoms. The van der Waals surface area contributed by atoms with Crippen LogP contribution >= 0.6 is 12.2 Å². The number of piperazine rings is 1. The first-order chi connectivity index (χ1) is 16.9. The van der Waals surface area contributed by atoms with Gasteiger partial charge in [-0.25, -0.2) is 0 Å². The number of carbonyl (C=O) groups is 2. The third-order valence-electron chi connectivity index (χ3n) is 6.36. The second-order valence-corrected chi connectivity index (χ2v) is 8.94. The minimum atomic E-state index is -0.224. The first-order valence-electron chi connectivity index (χ1n) is 11.4. The van der Waals surface area contributed by atoms with Crippen molar-refractivity contribution in [2.45, 2.75) is 6.92 Å². The molecule has 0 aliphatic carbocycles. The Morgan fingerprint density at radius 3 is 2.14 bits per heavy atom. The quantitative estimate of drug-likeness (QED) is 0.347. The van der Waals surface area contributed by atoms with Crippen molar-refractivity contribution in [3.05, 3.63) is 99.0 Å².